The van der Waals surface area contributed by atoms with Crippen molar-refractivity contribution in [3.05, 3.63) is 23.8 Å². The monoisotopic (exact) mass is 298 g/mol. The van der Waals surface area contributed by atoms with Crippen LogP contribution in [0.1, 0.15) is 26.3 Å². The third kappa shape index (κ3) is 4.67. The fraction of sp³-hybridized carbons (Fsp3) is 0.500. The molecule has 0 aliphatic carbocycles. The number of thioether (sulfide) groups is 1. The van der Waals surface area contributed by atoms with E-state index in [4.69, 9.17) is 22.7 Å². The summed E-state index contributed by atoms with van der Waals surface area (Å²) in [7, 11) is 1.71. The van der Waals surface area contributed by atoms with Gasteiger partial charge in [0, 0.05) is 29.8 Å². The molecule has 0 bridgehead atoms. The zero-order chi connectivity index (χ0) is 14.5. The lowest BCUT2D eigenvalue weighted by atomic mass is 10.1. The highest BCUT2D eigenvalue weighted by atomic mass is 32.2. The first-order valence-corrected chi connectivity index (χ1v) is 7.65. The highest BCUT2D eigenvalue weighted by Crippen LogP contribution is 2.29. The minimum absolute atomic E-state index is 0.235. The molecule has 0 saturated carbocycles. The van der Waals surface area contributed by atoms with E-state index in [2.05, 4.69) is 18.3 Å². The van der Waals surface area contributed by atoms with Crippen LogP contribution >= 0.6 is 24.0 Å². The van der Waals surface area contributed by atoms with Crippen LogP contribution in [-0.4, -0.2) is 30.0 Å². The first-order chi connectivity index (χ1) is 8.91. The molecule has 106 valence electrons. The predicted octanol–water partition coefficient (Wildman–Crippen LogP) is 3.27. The quantitative estimate of drug-likeness (QED) is 0.597. The van der Waals surface area contributed by atoms with Crippen molar-refractivity contribution >= 4 is 34.7 Å². The van der Waals surface area contributed by atoms with Crippen molar-refractivity contribution in [1.29, 1.82) is 0 Å². The zero-order valence-corrected chi connectivity index (χ0v) is 13.6. The maximum Gasteiger partial charge on any atom is 0.107 e. The van der Waals surface area contributed by atoms with Gasteiger partial charge in [-0.1, -0.05) is 25.2 Å². The summed E-state index contributed by atoms with van der Waals surface area (Å²) in [6.45, 7) is 6.87. The maximum atomic E-state index is 5.86. The van der Waals surface area contributed by atoms with Crippen molar-refractivity contribution in [1.82, 2.24) is 0 Å². The lowest BCUT2D eigenvalue weighted by Crippen LogP contribution is -2.32. The number of methoxy groups -OCH3 is 1. The molecule has 1 aromatic carbocycles. The second-order valence-electron chi connectivity index (χ2n) is 4.79. The Hall–Kier alpha value is -0.780. The number of benzene rings is 1. The Balaban J connectivity index is 3.00. The molecule has 0 fully saturated rings. The number of hydrogen-bond acceptors (Lipinski definition) is 4. The molecule has 0 radical (unpaired) electrons. The molecule has 0 amide bonds. The normalized spacial score (nSPS) is 11.4. The topological polar surface area (TPSA) is 47.3 Å². The van der Waals surface area contributed by atoms with Crippen LogP contribution in [0.4, 0.5) is 5.69 Å². The standard InChI is InChI=1S/C14H22N2OS2/c1-5-19-11-8-6-7-10(12(11)13(15)18)16-9-14(2,3)17-4/h6-8,16H,5,9H2,1-4H3,(H2,15,18). The summed E-state index contributed by atoms with van der Waals surface area (Å²) in [6.07, 6.45) is 0. The fourth-order valence-electron chi connectivity index (χ4n) is 1.59. The molecule has 1 aromatic rings. The number of thiocarbonyl (C=S) groups is 1. The van der Waals surface area contributed by atoms with Crippen molar-refractivity contribution in [2.45, 2.75) is 31.3 Å². The van der Waals surface area contributed by atoms with Crippen molar-refractivity contribution in [3.63, 3.8) is 0 Å². The average Bonchev–Trinajstić information content (AvgIpc) is 2.36. The van der Waals surface area contributed by atoms with Crippen LogP contribution in [0.5, 0.6) is 0 Å². The molecular formula is C14H22N2OS2. The van der Waals surface area contributed by atoms with Gasteiger partial charge in [-0.25, -0.2) is 0 Å². The lowest BCUT2D eigenvalue weighted by Gasteiger charge is -2.25. The van der Waals surface area contributed by atoms with E-state index in [0.29, 0.717) is 11.5 Å². The Morgan fingerprint density at radius 1 is 1.47 bits per heavy atom. The van der Waals surface area contributed by atoms with Crippen LogP contribution in [0.2, 0.25) is 0 Å². The molecule has 5 heteroatoms. The highest BCUT2D eigenvalue weighted by Gasteiger charge is 2.18. The third-order valence-corrected chi connectivity index (χ3v) is 3.97. The van der Waals surface area contributed by atoms with E-state index in [1.54, 1.807) is 18.9 Å². The van der Waals surface area contributed by atoms with Gasteiger partial charge in [0.2, 0.25) is 0 Å². The number of nitrogens with one attached hydrogen (secondary N) is 1. The summed E-state index contributed by atoms with van der Waals surface area (Å²) in [5.74, 6) is 0.989. The maximum absolute atomic E-state index is 5.86. The molecule has 0 aliphatic rings. The van der Waals surface area contributed by atoms with Gasteiger partial charge in [-0.05, 0) is 31.7 Å². The molecule has 0 unspecified atom stereocenters. The summed E-state index contributed by atoms with van der Waals surface area (Å²) in [6, 6.07) is 6.07. The van der Waals surface area contributed by atoms with Gasteiger partial charge in [-0.15, -0.1) is 11.8 Å². The molecule has 0 saturated heterocycles. The SMILES string of the molecule is CCSc1cccc(NCC(C)(C)OC)c1C(N)=S. The first kappa shape index (κ1) is 16.3. The zero-order valence-electron chi connectivity index (χ0n) is 11.9. The lowest BCUT2D eigenvalue weighted by molar-refractivity contribution is 0.0344. The molecule has 3 N–H and O–H groups in total. The minimum atomic E-state index is -0.235. The molecule has 0 aromatic heterocycles. The Kier molecular flexibility index (Phi) is 6.10. The summed E-state index contributed by atoms with van der Waals surface area (Å²) in [4.78, 5) is 1.55. The molecule has 0 spiro atoms. The first-order valence-electron chi connectivity index (χ1n) is 6.26. The average molecular weight is 298 g/mol. The van der Waals surface area contributed by atoms with Gasteiger partial charge in [-0.3, -0.25) is 0 Å². The van der Waals surface area contributed by atoms with E-state index in [-0.39, 0.29) is 5.60 Å². The highest BCUT2D eigenvalue weighted by molar-refractivity contribution is 7.99. The molecule has 0 heterocycles. The van der Waals surface area contributed by atoms with Crippen molar-refractivity contribution in [2.75, 3.05) is 24.7 Å². The third-order valence-electron chi connectivity index (χ3n) is 2.83. The van der Waals surface area contributed by atoms with E-state index >= 15 is 0 Å². The second-order valence-corrected chi connectivity index (χ2v) is 6.54. The van der Waals surface area contributed by atoms with Crippen LogP contribution < -0.4 is 11.1 Å². The fourth-order valence-corrected chi connectivity index (χ4v) is 2.72. The number of ether oxygens (including phenoxy) is 1. The Labute approximate surface area is 125 Å². The molecule has 3 nitrogen and oxygen atoms in total. The molecular weight excluding hydrogens is 276 g/mol. The smallest absolute Gasteiger partial charge is 0.107 e. The predicted molar refractivity (Wildman–Crippen MR) is 88.3 cm³/mol. The molecule has 0 atom stereocenters. The molecule has 1 rings (SSSR count). The number of hydrogen-bond donors (Lipinski definition) is 2. The Morgan fingerprint density at radius 2 is 2.16 bits per heavy atom. The van der Waals surface area contributed by atoms with Crippen LogP contribution in [0.3, 0.4) is 0 Å². The largest absolute Gasteiger partial charge is 0.389 e. The van der Waals surface area contributed by atoms with E-state index in [0.717, 1.165) is 21.9 Å². The number of rotatable bonds is 7. The summed E-state index contributed by atoms with van der Waals surface area (Å²) in [5, 5.41) is 3.38. The van der Waals surface area contributed by atoms with Gasteiger partial charge in [0.05, 0.1) is 5.60 Å². The Morgan fingerprint density at radius 3 is 2.68 bits per heavy atom. The second kappa shape index (κ2) is 7.12. The van der Waals surface area contributed by atoms with Gasteiger partial charge in [-0.2, -0.15) is 0 Å². The van der Waals surface area contributed by atoms with E-state index in [1.165, 1.54) is 0 Å². The van der Waals surface area contributed by atoms with Gasteiger partial charge in [0.25, 0.3) is 0 Å². The van der Waals surface area contributed by atoms with Crippen LogP contribution in [0, 0.1) is 0 Å². The van der Waals surface area contributed by atoms with Gasteiger partial charge >= 0.3 is 0 Å². The van der Waals surface area contributed by atoms with Crippen LogP contribution in [0.15, 0.2) is 23.1 Å². The summed E-state index contributed by atoms with van der Waals surface area (Å²) >= 11 is 6.93. The van der Waals surface area contributed by atoms with Gasteiger partial charge in [0.15, 0.2) is 0 Å². The molecule has 0 aliphatic heterocycles. The minimum Gasteiger partial charge on any atom is -0.389 e. The summed E-state index contributed by atoms with van der Waals surface area (Å²) in [5.41, 5.74) is 7.53. The number of nitrogens with two attached hydrogens (primary N) is 1. The van der Waals surface area contributed by atoms with Crippen LogP contribution in [0.25, 0.3) is 0 Å². The Bertz CT molecular complexity index is 447. The molecule has 19 heavy (non-hydrogen) atoms. The van der Waals surface area contributed by atoms with E-state index in [1.807, 2.05) is 26.0 Å². The van der Waals surface area contributed by atoms with Crippen LogP contribution in [-0.2, 0) is 4.74 Å². The summed E-state index contributed by atoms with van der Waals surface area (Å²) < 4.78 is 5.41. The van der Waals surface area contributed by atoms with Gasteiger partial charge < -0.3 is 15.8 Å². The van der Waals surface area contributed by atoms with Crippen molar-refractivity contribution in [3.8, 4) is 0 Å². The van der Waals surface area contributed by atoms with Gasteiger partial charge in [0.1, 0.15) is 4.99 Å². The van der Waals surface area contributed by atoms with E-state index < -0.39 is 0 Å². The van der Waals surface area contributed by atoms with E-state index in [9.17, 15) is 0 Å². The van der Waals surface area contributed by atoms with Crippen molar-refractivity contribution < 1.29 is 4.74 Å². The van der Waals surface area contributed by atoms with Crippen molar-refractivity contribution in [2.24, 2.45) is 5.73 Å². The number of anilines is 1.